The molecular weight excluding hydrogens is 256 g/mol. The third kappa shape index (κ3) is 2.39. The fourth-order valence-corrected chi connectivity index (χ4v) is 4.90. The highest BCUT2D eigenvalue weighted by atomic mass is 32.1. The van der Waals surface area contributed by atoms with Gasteiger partial charge >= 0.3 is 0 Å². The maximum Gasteiger partial charge on any atom is 0.232 e. The molecule has 1 amide bonds. The van der Waals surface area contributed by atoms with Crippen LogP contribution < -0.4 is 5.32 Å². The van der Waals surface area contributed by atoms with Crippen LogP contribution in [0, 0.1) is 23.2 Å². The number of hydrogen-bond acceptors (Lipinski definition) is 2. The lowest BCUT2D eigenvalue weighted by atomic mass is 9.58. The number of nitrogens with one attached hydrogen (secondary N) is 1. The molecular formula is C15H24N2OS. The number of hydrogen-bond donors (Lipinski definition) is 1. The molecule has 2 atom stereocenters. The lowest BCUT2D eigenvalue weighted by Gasteiger charge is -2.47. The molecule has 0 radical (unpaired) electrons. The summed E-state index contributed by atoms with van der Waals surface area (Å²) in [5.41, 5.74) is -0.104. The van der Waals surface area contributed by atoms with Crippen LogP contribution in [-0.4, -0.2) is 30.0 Å². The third-order valence-electron chi connectivity index (χ3n) is 5.46. The summed E-state index contributed by atoms with van der Waals surface area (Å²) in [7, 11) is 3.77. The van der Waals surface area contributed by atoms with E-state index in [0.717, 1.165) is 37.0 Å². The summed E-state index contributed by atoms with van der Waals surface area (Å²) in [4.78, 5) is 14.5. The Labute approximate surface area is 121 Å². The molecule has 0 aliphatic heterocycles. The summed E-state index contributed by atoms with van der Waals surface area (Å²) in [5.74, 6) is 2.56. The van der Waals surface area contributed by atoms with Gasteiger partial charge in [0.25, 0.3) is 0 Å². The second kappa shape index (κ2) is 4.72. The van der Waals surface area contributed by atoms with Crippen LogP contribution in [0.5, 0.6) is 0 Å². The standard InChI is InChI=1S/C15H24N2OS/c1-17(2)14(19)16-13(18)15-7-10-3-4-11(8-15)6-12(5-10)9-15/h10-12H,3-9H2,1-2H3,(H,16,18,19). The zero-order valence-electron chi connectivity index (χ0n) is 11.9. The van der Waals surface area contributed by atoms with Crippen molar-refractivity contribution in [2.24, 2.45) is 23.2 Å². The highest BCUT2D eigenvalue weighted by Crippen LogP contribution is 2.57. The number of carbonyl (C=O) groups is 1. The van der Waals surface area contributed by atoms with E-state index in [-0.39, 0.29) is 11.3 Å². The fraction of sp³-hybridized carbons (Fsp3) is 0.867. The lowest BCUT2D eigenvalue weighted by Crippen LogP contribution is -2.51. The summed E-state index contributed by atoms with van der Waals surface area (Å²) in [6.45, 7) is 0. The Balaban J connectivity index is 1.79. The highest BCUT2D eigenvalue weighted by Gasteiger charge is 2.52. The van der Waals surface area contributed by atoms with Crippen molar-refractivity contribution < 1.29 is 4.79 Å². The van der Waals surface area contributed by atoms with E-state index < -0.39 is 0 Å². The number of carbonyl (C=O) groups excluding carboxylic acids is 1. The van der Waals surface area contributed by atoms with Gasteiger partial charge < -0.3 is 10.2 Å². The topological polar surface area (TPSA) is 32.3 Å². The Morgan fingerprint density at radius 3 is 2.16 bits per heavy atom. The van der Waals surface area contributed by atoms with Crippen molar-refractivity contribution in [2.75, 3.05) is 14.1 Å². The average Bonchev–Trinajstić information content (AvgIpc) is 2.55. The first-order valence-corrected chi connectivity index (χ1v) is 7.92. The molecule has 0 aromatic rings. The van der Waals surface area contributed by atoms with Crippen LogP contribution in [0.25, 0.3) is 0 Å². The third-order valence-corrected chi connectivity index (χ3v) is 5.93. The van der Waals surface area contributed by atoms with E-state index in [1.165, 1.54) is 25.7 Å². The number of nitrogens with zero attached hydrogens (tertiary/aromatic N) is 1. The van der Waals surface area contributed by atoms with E-state index in [4.69, 9.17) is 12.2 Å². The highest BCUT2D eigenvalue weighted by molar-refractivity contribution is 7.80. The molecule has 106 valence electrons. The van der Waals surface area contributed by atoms with Crippen molar-refractivity contribution in [1.82, 2.24) is 10.2 Å². The van der Waals surface area contributed by atoms with Gasteiger partial charge in [0.1, 0.15) is 0 Å². The maximum atomic E-state index is 12.7. The molecule has 4 heteroatoms. The normalized spacial score (nSPS) is 39.8. The zero-order chi connectivity index (χ0) is 13.6. The molecule has 4 bridgehead atoms. The van der Waals surface area contributed by atoms with E-state index in [1.54, 1.807) is 0 Å². The van der Waals surface area contributed by atoms with Crippen LogP contribution in [0.3, 0.4) is 0 Å². The van der Waals surface area contributed by atoms with E-state index in [1.807, 2.05) is 19.0 Å². The number of rotatable bonds is 1. The van der Waals surface area contributed by atoms with Crippen molar-refractivity contribution in [2.45, 2.75) is 44.9 Å². The van der Waals surface area contributed by atoms with Gasteiger partial charge in [0.15, 0.2) is 5.11 Å². The summed E-state index contributed by atoms with van der Waals surface area (Å²) in [6, 6.07) is 0. The molecule has 0 aromatic carbocycles. The molecule has 0 saturated heterocycles. The van der Waals surface area contributed by atoms with Crippen LogP contribution in [-0.2, 0) is 4.79 Å². The van der Waals surface area contributed by atoms with Gasteiger partial charge in [0, 0.05) is 14.1 Å². The van der Waals surface area contributed by atoms with Crippen LogP contribution in [0.2, 0.25) is 0 Å². The molecule has 0 spiro atoms. The zero-order valence-corrected chi connectivity index (χ0v) is 12.8. The van der Waals surface area contributed by atoms with Crippen LogP contribution in [0.4, 0.5) is 0 Å². The van der Waals surface area contributed by atoms with Crippen molar-refractivity contribution in [3.05, 3.63) is 0 Å². The van der Waals surface area contributed by atoms with Crippen molar-refractivity contribution in [3.63, 3.8) is 0 Å². The second-order valence-electron chi connectivity index (χ2n) is 7.19. The van der Waals surface area contributed by atoms with Gasteiger partial charge in [-0.05, 0) is 62.1 Å². The predicted molar refractivity (Wildman–Crippen MR) is 79.6 cm³/mol. The minimum atomic E-state index is -0.104. The Bertz CT molecular complexity index is 391. The van der Waals surface area contributed by atoms with Crippen molar-refractivity contribution in [3.8, 4) is 0 Å². The molecule has 4 saturated carbocycles. The van der Waals surface area contributed by atoms with Gasteiger partial charge in [-0.15, -0.1) is 0 Å². The number of fused-ring (bicyclic) bond motifs is 1. The molecule has 4 aliphatic rings. The molecule has 1 N–H and O–H groups in total. The van der Waals surface area contributed by atoms with Gasteiger partial charge in [-0.1, -0.05) is 12.8 Å². The Hall–Kier alpha value is -0.640. The van der Waals surface area contributed by atoms with Crippen LogP contribution in [0.1, 0.15) is 44.9 Å². The Morgan fingerprint density at radius 2 is 1.63 bits per heavy atom. The van der Waals surface area contributed by atoms with Gasteiger partial charge in [0.05, 0.1) is 5.41 Å². The van der Waals surface area contributed by atoms with Crippen molar-refractivity contribution >= 4 is 23.2 Å². The molecule has 0 aromatic heterocycles. The molecule has 4 aliphatic carbocycles. The smallest absolute Gasteiger partial charge is 0.232 e. The van der Waals surface area contributed by atoms with Gasteiger partial charge in [-0.25, -0.2) is 0 Å². The molecule has 4 fully saturated rings. The van der Waals surface area contributed by atoms with Crippen LogP contribution >= 0.6 is 12.2 Å². The molecule has 2 unspecified atom stereocenters. The molecule has 4 rings (SSSR count). The monoisotopic (exact) mass is 280 g/mol. The van der Waals surface area contributed by atoms with E-state index in [2.05, 4.69) is 5.32 Å². The van der Waals surface area contributed by atoms with E-state index in [0.29, 0.717) is 5.11 Å². The van der Waals surface area contributed by atoms with Crippen LogP contribution in [0.15, 0.2) is 0 Å². The minimum Gasteiger partial charge on any atom is -0.355 e. The minimum absolute atomic E-state index is 0.104. The molecule has 3 nitrogen and oxygen atoms in total. The molecule has 0 heterocycles. The first kappa shape index (κ1) is 13.3. The first-order valence-electron chi connectivity index (χ1n) is 7.51. The maximum absolute atomic E-state index is 12.7. The van der Waals surface area contributed by atoms with E-state index in [9.17, 15) is 4.79 Å². The van der Waals surface area contributed by atoms with Gasteiger partial charge in [0.2, 0.25) is 5.91 Å². The average molecular weight is 280 g/mol. The summed E-state index contributed by atoms with van der Waals surface area (Å²) >= 11 is 5.24. The quantitative estimate of drug-likeness (QED) is 0.749. The predicted octanol–water partition coefficient (Wildman–Crippen LogP) is 2.56. The Morgan fingerprint density at radius 1 is 1.11 bits per heavy atom. The summed E-state index contributed by atoms with van der Waals surface area (Å²) < 4.78 is 0. The molecule has 19 heavy (non-hydrogen) atoms. The number of thiocarbonyl (C=S) groups is 1. The fourth-order valence-electron chi connectivity index (χ4n) is 4.81. The summed E-state index contributed by atoms with van der Waals surface area (Å²) in [6.07, 6.45) is 8.71. The number of amides is 1. The second-order valence-corrected chi connectivity index (χ2v) is 7.58. The Kier molecular flexibility index (Phi) is 3.32. The first-order chi connectivity index (χ1) is 8.98. The lowest BCUT2D eigenvalue weighted by molar-refractivity contribution is -0.137. The van der Waals surface area contributed by atoms with Gasteiger partial charge in [-0.2, -0.15) is 0 Å². The largest absolute Gasteiger partial charge is 0.355 e. The van der Waals surface area contributed by atoms with Crippen molar-refractivity contribution in [1.29, 1.82) is 0 Å². The summed E-state index contributed by atoms with van der Waals surface area (Å²) in [5, 5.41) is 3.54. The van der Waals surface area contributed by atoms with Gasteiger partial charge in [-0.3, -0.25) is 4.79 Å². The SMILES string of the molecule is CN(C)C(=S)NC(=O)C12CC3CCC(CC(C3)C1)C2. The van der Waals surface area contributed by atoms with E-state index >= 15 is 0 Å².